The number of thioether (sulfide) groups is 1. The molecule has 1 aromatic heterocycles. The molecular weight excluding hydrogens is 362 g/mol. The molecule has 0 aliphatic carbocycles. The van der Waals surface area contributed by atoms with E-state index >= 15 is 0 Å². The van der Waals surface area contributed by atoms with E-state index < -0.39 is 0 Å². The van der Waals surface area contributed by atoms with Gasteiger partial charge in [0.25, 0.3) is 0 Å². The number of hydrogen-bond acceptors (Lipinski definition) is 3. The molecule has 1 amide bonds. The lowest BCUT2D eigenvalue weighted by molar-refractivity contribution is -0.115. The van der Waals surface area contributed by atoms with Crippen LogP contribution in [0, 0.1) is 0 Å². The minimum absolute atomic E-state index is 0.00416. The predicted octanol–water partition coefficient (Wildman–Crippen LogP) is 4.45. The Balaban J connectivity index is 1.52. The second-order valence-electron chi connectivity index (χ2n) is 4.69. The van der Waals surface area contributed by atoms with Gasteiger partial charge in [0.1, 0.15) is 0 Å². The van der Waals surface area contributed by atoms with Crippen LogP contribution in [-0.2, 0) is 4.79 Å². The maximum atomic E-state index is 12.0. The SMILES string of the molecule is O=C(CCSc1nc2ccccc2[nH]1)Nc1ccccc1Br. The fourth-order valence-electron chi connectivity index (χ4n) is 2.01. The van der Waals surface area contributed by atoms with Gasteiger partial charge in [-0.05, 0) is 40.2 Å². The number of anilines is 1. The highest BCUT2D eigenvalue weighted by molar-refractivity contribution is 9.10. The van der Waals surface area contributed by atoms with Gasteiger partial charge in [0.05, 0.1) is 16.7 Å². The number of carbonyl (C=O) groups is 1. The first-order chi connectivity index (χ1) is 10.7. The molecule has 0 fully saturated rings. The van der Waals surface area contributed by atoms with E-state index in [1.165, 1.54) is 0 Å². The van der Waals surface area contributed by atoms with Crippen LogP contribution in [0.2, 0.25) is 0 Å². The van der Waals surface area contributed by atoms with E-state index in [2.05, 4.69) is 31.2 Å². The van der Waals surface area contributed by atoms with Gasteiger partial charge < -0.3 is 10.3 Å². The third kappa shape index (κ3) is 3.69. The Hall–Kier alpha value is -1.79. The van der Waals surface area contributed by atoms with Crippen molar-refractivity contribution in [1.29, 1.82) is 0 Å². The van der Waals surface area contributed by atoms with Gasteiger partial charge >= 0.3 is 0 Å². The Morgan fingerprint density at radius 3 is 2.77 bits per heavy atom. The molecule has 0 saturated heterocycles. The van der Waals surface area contributed by atoms with E-state index in [0.29, 0.717) is 12.2 Å². The summed E-state index contributed by atoms with van der Waals surface area (Å²) in [7, 11) is 0. The number of hydrogen-bond donors (Lipinski definition) is 2. The Bertz CT molecular complexity index is 770. The molecule has 3 aromatic rings. The summed E-state index contributed by atoms with van der Waals surface area (Å²) in [5.74, 6) is 0.673. The number of carbonyl (C=O) groups excluding carboxylic acids is 1. The summed E-state index contributed by atoms with van der Waals surface area (Å²) in [5, 5.41) is 3.74. The molecule has 0 unspecified atom stereocenters. The third-order valence-electron chi connectivity index (χ3n) is 3.08. The predicted molar refractivity (Wildman–Crippen MR) is 94.2 cm³/mol. The minimum Gasteiger partial charge on any atom is -0.333 e. The summed E-state index contributed by atoms with van der Waals surface area (Å²) in [6.07, 6.45) is 0.434. The zero-order chi connectivity index (χ0) is 15.4. The standard InChI is InChI=1S/C16H14BrN3OS/c17-11-5-1-2-6-12(11)18-15(21)9-10-22-16-19-13-7-3-4-8-14(13)20-16/h1-8H,9-10H2,(H,18,21)(H,19,20). The number of rotatable bonds is 5. The highest BCUT2D eigenvalue weighted by Gasteiger charge is 2.07. The Labute approximate surface area is 140 Å². The first-order valence-corrected chi connectivity index (χ1v) is 8.62. The van der Waals surface area contributed by atoms with E-state index in [0.717, 1.165) is 26.3 Å². The summed E-state index contributed by atoms with van der Waals surface area (Å²) in [6, 6.07) is 15.5. The number of benzene rings is 2. The second kappa shape index (κ2) is 6.98. The number of aromatic nitrogens is 2. The average Bonchev–Trinajstić information content (AvgIpc) is 2.92. The van der Waals surface area contributed by atoms with Crippen molar-refractivity contribution in [2.45, 2.75) is 11.6 Å². The summed E-state index contributed by atoms with van der Waals surface area (Å²) in [5.41, 5.74) is 2.76. The van der Waals surface area contributed by atoms with Gasteiger partial charge in [0.2, 0.25) is 5.91 Å². The van der Waals surface area contributed by atoms with Crippen LogP contribution < -0.4 is 5.32 Å². The molecule has 0 radical (unpaired) electrons. The van der Waals surface area contributed by atoms with E-state index in [4.69, 9.17) is 0 Å². The summed E-state index contributed by atoms with van der Waals surface area (Å²) < 4.78 is 0.883. The topological polar surface area (TPSA) is 57.8 Å². The van der Waals surface area contributed by atoms with E-state index in [9.17, 15) is 4.79 Å². The second-order valence-corrected chi connectivity index (χ2v) is 6.62. The molecule has 6 heteroatoms. The Morgan fingerprint density at radius 2 is 1.95 bits per heavy atom. The van der Waals surface area contributed by atoms with Crippen molar-refractivity contribution in [3.8, 4) is 0 Å². The molecule has 0 aliphatic heterocycles. The maximum absolute atomic E-state index is 12.0. The lowest BCUT2D eigenvalue weighted by Crippen LogP contribution is -2.12. The number of nitrogens with zero attached hydrogens (tertiary/aromatic N) is 1. The molecule has 22 heavy (non-hydrogen) atoms. The van der Waals surface area contributed by atoms with Gasteiger partial charge in [-0.25, -0.2) is 4.98 Å². The maximum Gasteiger partial charge on any atom is 0.225 e. The van der Waals surface area contributed by atoms with E-state index in [1.54, 1.807) is 11.8 Å². The summed E-state index contributed by atoms with van der Waals surface area (Å²) >= 11 is 4.96. The fourth-order valence-corrected chi connectivity index (χ4v) is 3.22. The first-order valence-electron chi connectivity index (χ1n) is 6.84. The summed E-state index contributed by atoms with van der Waals surface area (Å²) in [4.78, 5) is 19.7. The first kappa shape index (κ1) is 15.1. The van der Waals surface area contributed by atoms with Gasteiger partial charge in [-0.15, -0.1) is 0 Å². The minimum atomic E-state index is -0.00416. The number of aromatic amines is 1. The molecule has 0 saturated carbocycles. The van der Waals surface area contributed by atoms with Crippen LogP contribution in [0.5, 0.6) is 0 Å². The molecule has 1 heterocycles. The van der Waals surface area contributed by atoms with Crippen molar-refractivity contribution in [2.75, 3.05) is 11.1 Å². The number of amides is 1. The number of halogens is 1. The molecule has 3 rings (SSSR count). The number of para-hydroxylation sites is 3. The van der Waals surface area contributed by atoms with Crippen LogP contribution in [-0.4, -0.2) is 21.6 Å². The number of fused-ring (bicyclic) bond motifs is 1. The van der Waals surface area contributed by atoms with Gasteiger partial charge in [0.15, 0.2) is 5.16 Å². The zero-order valence-corrected chi connectivity index (χ0v) is 14.1. The Kier molecular flexibility index (Phi) is 4.80. The molecule has 4 nitrogen and oxygen atoms in total. The molecule has 0 atom stereocenters. The molecule has 2 N–H and O–H groups in total. The van der Waals surface area contributed by atoms with Crippen LogP contribution in [0.25, 0.3) is 11.0 Å². The molecule has 2 aromatic carbocycles. The monoisotopic (exact) mass is 375 g/mol. The van der Waals surface area contributed by atoms with Gasteiger partial charge in [0, 0.05) is 16.6 Å². The smallest absolute Gasteiger partial charge is 0.225 e. The van der Waals surface area contributed by atoms with E-state index in [-0.39, 0.29) is 5.91 Å². The zero-order valence-electron chi connectivity index (χ0n) is 11.7. The van der Waals surface area contributed by atoms with Gasteiger partial charge in [-0.3, -0.25) is 4.79 Å². The number of H-pyrrole nitrogens is 1. The van der Waals surface area contributed by atoms with E-state index in [1.807, 2.05) is 48.5 Å². The van der Waals surface area contributed by atoms with Gasteiger partial charge in [-0.2, -0.15) is 0 Å². The van der Waals surface area contributed by atoms with Crippen LogP contribution in [0.1, 0.15) is 6.42 Å². The lowest BCUT2D eigenvalue weighted by atomic mass is 10.3. The van der Waals surface area contributed by atoms with Crippen molar-refractivity contribution in [3.05, 3.63) is 53.0 Å². The highest BCUT2D eigenvalue weighted by atomic mass is 79.9. The number of nitrogens with one attached hydrogen (secondary N) is 2. The normalized spacial score (nSPS) is 10.8. The largest absolute Gasteiger partial charge is 0.333 e. The molecular formula is C16H14BrN3OS. The van der Waals surface area contributed by atoms with Gasteiger partial charge in [-0.1, -0.05) is 36.0 Å². The third-order valence-corrected chi connectivity index (χ3v) is 4.65. The van der Waals surface area contributed by atoms with Crippen LogP contribution in [0.4, 0.5) is 5.69 Å². The van der Waals surface area contributed by atoms with Crippen LogP contribution in [0.3, 0.4) is 0 Å². The molecule has 0 spiro atoms. The van der Waals surface area contributed by atoms with Crippen molar-refractivity contribution in [1.82, 2.24) is 9.97 Å². The quantitative estimate of drug-likeness (QED) is 0.647. The average molecular weight is 376 g/mol. The van der Waals surface area contributed by atoms with Crippen LogP contribution >= 0.6 is 27.7 Å². The van der Waals surface area contributed by atoms with Crippen molar-refractivity contribution in [2.24, 2.45) is 0 Å². The van der Waals surface area contributed by atoms with Crippen LogP contribution in [0.15, 0.2) is 58.2 Å². The lowest BCUT2D eigenvalue weighted by Gasteiger charge is -2.06. The molecule has 0 bridgehead atoms. The summed E-state index contributed by atoms with van der Waals surface area (Å²) in [6.45, 7) is 0. The van der Waals surface area contributed by atoms with Crippen molar-refractivity contribution >= 4 is 50.3 Å². The Morgan fingerprint density at radius 1 is 1.18 bits per heavy atom. The fraction of sp³-hybridized carbons (Fsp3) is 0.125. The molecule has 112 valence electrons. The molecule has 0 aliphatic rings. The van der Waals surface area contributed by atoms with Crippen molar-refractivity contribution < 1.29 is 4.79 Å². The van der Waals surface area contributed by atoms with Crippen molar-refractivity contribution in [3.63, 3.8) is 0 Å². The number of imidazole rings is 1. The highest BCUT2D eigenvalue weighted by Crippen LogP contribution is 2.22.